The Bertz CT molecular complexity index is 1450. The average molecular weight is 558 g/mol. The van der Waals surface area contributed by atoms with Crippen molar-refractivity contribution in [2.45, 2.75) is 31.6 Å². The molecule has 0 atom stereocenters. The predicted octanol–water partition coefficient (Wildman–Crippen LogP) is 8.51. The van der Waals surface area contributed by atoms with Gasteiger partial charge in [-0.1, -0.05) is 41.0 Å². The van der Waals surface area contributed by atoms with E-state index in [0.29, 0.717) is 39.8 Å². The van der Waals surface area contributed by atoms with Gasteiger partial charge in [0.1, 0.15) is 11.5 Å². The number of carbonyl (C=O) groups excluding carboxylic acids is 2. The molecule has 0 aliphatic heterocycles. The molecule has 0 spiro atoms. The van der Waals surface area contributed by atoms with Crippen molar-refractivity contribution < 1.29 is 19.2 Å². The second-order valence-electron chi connectivity index (χ2n) is 8.82. The molecule has 0 unspecified atom stereocenters. The summed E-state index contributed by atoms with van der Waals surface area (Å²) in [6.07, 6.45) is 1.49. The van der Waals surface area contributed by atoms with Crippen LogP contribution in [0.1, 0.15) is 46.8 Å². The van der Waals surface area contributed by atoms with Gasteiger partial charge in [-0.2, -0.15) is 0 Å². The molecule has 0 aliphatic carbocycles. The van der Waals surface area contributed by atoms with E-state index in [2.05, 4.69) is 5.16 Å². The van der Waals surface area contributed by atoms with Crippen molar-refractivity contribution >= 4 is 40.8 Å². The normalized spacial score (nSPS) is 11.2. The van der Waals surface area contributed by atoms with E-state index in [-0.39, 0.29) is 5.78 Å². The molecule has 0 radical (unpaired) electrons. The number of ether oxygens (including phenoxy) is 1. The van der Waals surface area contributed by atoms with Gasteiger partial charge in [0.05, 0.1) is 5.71 Å². The Morgan fingerprint density at radius 2 is 1.44 bits per heavy atom. The first-order valence-corrected chi connectivity index (χ1v) is 13.9. The van der Waals surface area contributed by atoms with Gasteiger partial charge in [0.2, 0.25) is 0 Å². The first-order chi connectivity index (χ1) is 18.9. The Kier molecular flexibility index (Phi) is 9.95. The summed E-state index contributed by atoms with van der Waals surface area (Å²) < 4.78 is 5.98. The van der Waals surface area contributed by atoms with Crippen LogP contribution in [0.5, 0.6) is 11.5 Å². The number of hydrogen-bond acceptors (Lipinski definition) is 6. The monoisotopic (exact) mass is 557 g/mol. The van der Waals surface area contributed by atoms with Crippen LogP contribution >= 0.6 is 23.4 Å². The van der Waals surface area contributed by atoms with Crippen molar-refractivity contribution in [3.05, 3.63) is 124 Å². The third kappa shape index (κ3) is 8.31. The van der Waals surface area contributed by atoms with Crippen molar-refractivity contribution in [3.63, 3.8) is 0 Å². The van der Waals surface area contributed by atoms with Gasteiger partial charge in [0.15, 0.2) is 5.78 Å². The van der Waals surface area contributed by atoms with Crippen molar-refractivity contribution in [1.82, 2.24) is 0 Å². The SMILES string of the molecule is CC(=O)ON=C(CCCSc1ccc(Cl)cc1)c1ccc(Oc2ccc(C(=O)c3ccccc3C)cc2)cc1. The maximum atomic E-state index is 12.8. The standard InChI is InChI=1S/C32H28ClNO4S/c1-22-6-3-4-7-30(22)32(36)25-11-17-28(18-12-25)37-27-15-9-24(10-16-27)31(34-38-23(2)35)8-5-21-39-29-19-13-26(33)14-20-29/h3-4,6-7,9-20H,5,8,21H2,1-2H3. The van der Waals surface area contributed by atoms with Crippen LogP contribution < -0.4 is 4.74 Å². The van der Waals surface area contributed by atoms with E-state index in [1.807, 2.05) is 79.7 Å². The van der Waals surface area contributed by atoms with Crippen LogP contribution in [-0.4, -0.2) is 23.2 Å². The Balaban J connectivity index is 1.37. The fourth-order valence-electron chi connectivity index (χ4n) is 3.83. The van der Waals surface area contributed by atoms with Gasteiger partial charge in [-0.15, -0.1) is 11.8 Å². The lowest BCUT2D eigenvalue weighted by molar-refractivity contribution is -0.140. The van der Waals surface area contributed by atoms with Crippen LogP contribution in [-0.2, 0) is 9.63 Å². The van der Waals surface area contributed by atoms with E-state index in [1.165, 1.54) is 6.92 Å². The molecule has 0 heterocycles. The third-order valence-corrected chi connectivity index (χ3v) is 7.20. The molecule has 0 saturated carbocycles. The number of benzene rings is 4. The molecule has 5 nitrogen and oxygen atoms in total. The molecule has 4 rings (SSSR count). The van der Waals surface area contributed by atoms with Crippen LogP contribution in [0.15, 0.2) is 107 Å². The van der Waals surface area contributed by atoms with Crippen LogP contribution in [0.2, 0.25) is 5.02 Å². The minimum atomic E-state index is -0.465. The first-order valence-electron chi connectivity index (χ1n) is 12.5. The summed E-state index contributed by atoms with van der Waals surface area (Å²) in [5.74, 6) is 1.66. The number of aryl methyl sites for hydroxylation is 1. The van der Waals surface area contributed by atoms with Crippen molar-refractivity contribution in [1.29, 1.82) is 0 Å². The zero-order valence-corrected chi connectivity index (χ0v) is 23.3. The molecule has 0 bridgehead atoms. The predicted molar refractivity (Wildman–Crippen MR) is 157 cm³/mol. The fraction of sp³-hybridized carbons (Fsp3) is 0.156. The zero-order chi connectivity index (χ0) is 27.6. The lowest BCUT2D eigenvalue weighted by Crippen LogP contribution is -2.05. The quantitative estimate of drug-likeness (QED) is 0.0462. The number of hydrogen-bond donors (Lipinski definition) is 0. The van der Waals surface area contributed by atoms with Crippen LogP contribution in [0, 0.1) is 6.92 Å². The number of thioether (sulfide) groups is 1. The van der Waals surface area contributed by atoms with Gasteiger partial charge >= 0.3 is 5.97 Å². The molecular formula is C32H28ClNO4S. The van der Waals surface area contributed by atoms with Gasteiger partial charge < -0.3 is 9.57 Å². The molecule has 0 amide bonds. The molecular weight excluding hydrogens is 530 g/mol. The largest absolute Gasteiger partial charge is 0.457 e. The summed E-state index contributed by atoms with van der Waals surface area (Å²) in [5, 5.41) is 4.80. The Hall–Kier alpha value is -3.87. The molecule has 7 heteroatoms. The number of halogens is 1. The second kappa shape index (κ2) is 13.8. The molecule has 4 aromatic carbocycles. The van der Waals surface area contributed by atoms with Crippen molar-refractivity contribution in [3.8, 4) is 11.5 Å². The molecule has 0 aliphatic rings. The highest BCUT2D eigenvalue weighted by Crippen LogP contribution is 2.25. The summed E-state index contributed by atoms with van der Waals surface area (Å²) >= 11 is 7.69. The van der Waals surface area contributed by atoms with Gasteiger partial charge in [0, 0.05) is 28.0 Å². The lowest BCUT2D eigenvalue weighted by Gasteiger charge is -2.10. The number of ketones is 1. The van der Waals surface area contributed by atoms with E-state index in [4.69, 9.17) is 21.2 Å². The van der Waals surface area contributed by atoms with Crippen LogP contribution in [0.3, 0.4) is 0 Å². The second-order valence-corrected chi connectivity index (χ2v) is 10.4. The molecule has 39 heavy (non-hydrogen) atoms. The smallest absolute Gasteiger partial charge is 0.331 e. The number of rotatable bonds is 11. The molecule has 0 aromatic heterocycles. The Morgan fingerprint density at radius 3 is 2.05 bits per heavy atom. The van der Waals surface area contributed by atoms with Crippen molar-refractivity contribution in [2.24, 2.45) is 5.16 Å². The topological polar surface area (TPSA) is 65.0 Å². The highest BCUT2D eigenvalue weighted by molar-refractivity contribution is 7.99. The highest BCUT2D eigenvalue weighted by atomic mass is 35.5. The van der Waals surface area contributed by atoms with E-state index < -0.39 is 5.97 Å². The maximum absolute atomic E-state index is 12.8. The van der Waals surface area contributed by atoms with Crippen molar-refractivity contribution in [2.75, 3.05) is 5.75 Å². The molecule has 198 valence electrons. The van der Waals surface area contributed by atoms with Gasteiger partial charge in [0.25, 0.3) is 0 Å². The molecule has 0 saturated heterocycles. The number of nitrogens with zero attached hydrogens (tertiary/aromatic N) is 1. The fourth-order valence-corrected chi connectivity index (χ4v) is 4.81. The lowest BCUT2D eigenvalue weighted by atomic mass is 9.99. The van der Waals surface area contributed by atoms with Crippen LogP contribution in [0.25, 0.3) is 0 Å². The zero-order valence-electron chi connectivity index (χ0n) is 21.7. The van der Waals surface area contributed by atoms with E-state index >= 15 is 0 Å². The van der Waals surface area contributed by atoms with E-state index in [9.17, 15) is 9.59 Å². The molecule has 0 N–H and O–H groups in total. The summed E-state index contributed by atoms with van der Waals surface area (Å²) in [6, 6.07) is 29.8. The Labute approximate surface area is 237 Å². The van der Waals surface area contributed by atoms with E-state index in [1.54, 1.807) is 36.0 Å². The number of carbonyl (C=O) groups is 2. The molecule has 0 fully saturated rings. The minimum Gasteiger partial charge on any atom is -0.457 e. The number of oxime groups is 1. The van der Waals surface area contributed by atoms with Crippen LogP contribution in [0.4, 0.5) is 0 Å². The first kappa shape index (κ1) is 28.1. The third-order valence-electron chi connectivity index (χ3n) is 5.85. The summed E-state index contributed by atoms with van der Waals surface area (Å²) in [5.41, 5.74) is 3.77. The summed E-state index contributed by atoms with van der Waals surface area (Å²) in [4.78, 5) is 30.3. The van der Waals surface area contributed by atoms with E-state index in [0.717, 1.165) is 28.2 Å². The maximum Gasteiger partial charge on any atom is 0.331 e. The Morgan fingerprint density at radius 1 is 0.821 bits per heavy atom. The van der Waals surface area contributed by atoms with Gasteiger partial charge in [-0.25, -0.2) is 4.79 Å². The molecule has 4 aromatic rings. The van der Waals surface area contributed by atoms with Gasteiger partial charge in [-0.3, -0.25) is 4.79 Å². The van der Waals surface area contributed by atoms with Gasteiger partial charge in [-0.05, 0) is 109 Å². The highest BCUT2D eigenvalue weighted by Gasteiger charge is 2.12. The average Bonchev–Trinajstić information content (AvgIpc) is 2.94. The summed E-state index contributed by atoms with van der Waals surface area (Å²) in [7, 11) is 0. The summed E-state index contributed by atoms with van der Waals surface area (Å²) in [6.45, 7) is 3.26. The minimum absolute atomic E-state index is 0.0184.